The van der Waals surface area contributed by atoms with E-state index in [9.17, 15) is 9.18 Å². The normalized spacial score (nSPS) is 12.2. The summed E-state index contributed by atoms with van der Waals surface area (Å²) in [7, 11) is 0. The molecule has 0 aromatic heterocycles. The van der Waals surface area contributed by atoms with E-state index in [-0.39, 0.29) is 17.6 Å². The molecule has 0 aliphatic heterocycles. The first-order chi connectivity index (χ1) is 7.45. The molecule has 0 spiro atoms. The van der Waals surface area contributed by atoms with Gasteiger partial charge >= 0.3 is 0 Å². The average molecular weight is 289 g/mol. The highest BCUT2D eigenvalue weighted by Crippen LogP contribution is 2.22. The van der Waals surface area contributed by atoms with Gasteiger partial charge in [0, 0.05) is 10.5 Å². The van der Waals surface area contributed by atoms with Crippen LogP contribution in [0.5, 0.6) is 0 Å². The molecule has 0 bridgehead atoms. The Morgan fingerprint density at radius 2 is 2.25 bits per heavy atom. The Hall–Kier alpha value is -1.10. The van der Waals surface area contributed by atoms with Crippen LogP contribution in [0.4, 0.5) is 10.1 Å². The fourth-order valence-corrected chi connectivity index (χ4v) is 1.64. The van der Waals surface area contributed by atoms with Gasteiger partial charge in [0.25, 0.3) is 5.91 Å². The first-order valence-corrected chi connectivity index (χ1v) is 5.80. The molecule has 3 nitrogen and oxygen atoms in total. The third kappa shape index (κ3) is 2.95. The Balaban J connectivity index is 2.96. The van der Waals surface area contributed by atoms with Gasteiger partial charge in [0.05, 0.1) is 11.3 Å². The van der Waals surface area contributed by atoms with Gasteiger partial charge in [-0.05, 0) is 41.4 Å². The molecule has 1 aromatic carbocycles. The molecule has 5 heteroatoms. The topological polar surface area (TPSA) is 55.1 Å². The van der Waals surface area contributed by atoms with E-state index < -0.39 is 5.82 Å². The molecule has 1 rings (SSSR count). The second kappa shape index (κ2) is 5.30. The maximum absolute atomic E-state index is 13.1. The molecule has 0 aliphatic carbocycles. The van der Waals surface area contributed by atoms with Gasteiger partial charge in [0.1, 0.15) is 5.82 Å². The number of nitrogen functional groups attached to an aromatic ring is 1. The van der Waals surface area contributed by atoms with Gasteiger partial charge in [-0.2, -0.15) is 0 Å². The zero-order chi connectivity index (χ0) is 12.3. The van der Waals surface area contributed by atoms with Crippen LogP contribution in [-0.4, -0.2) is 11.9 Å². The van der Waals surface area contributed by atoms with Gasteiger partial charge in [-0.3, -0.25) is 4.79 Å². The van der Waals surface area contributed by atoms with Gasteiger partial charge in [0.15, 0.2) is 0 Å². The molecule has 88 valence electrons. The average Bonchev–Trinajstić information content (AvgIpc) is 2.23. The van der Waals surface area contributed by atoms with Gasteiger partial charge in [-0.15, -0.1) is 0 Å². The second-order valence-electron chi connectivity index (χ2n) is 3.64. The number of halogens is 2. The Morgan fingerprint density at radius 3 is 2.81 bits per heavy atom. The van der Waals surface area contributed by atoms with Crippen LogP contribution in [0.1, 0.15) is 30.6 Å². The summed E-state index contributed by atoms with van der Waals surface area (Å²) in [5.74, 6) is -0.792. The van der Waals surface area contributed by atoms with Gasteiger partial charge in [0.2, 0.25) is 0 Å². The molecule has 16 heavy (non-hydrogen) atoms. The number of carbonyl (C=O) groups excluding carboxylic acids is 1. The first-order valence-electron chi connectivity index (χ1n) is 5.01. The monoisotopic (exact) mass is 288 g/mol. The summed E-state index contributed by atoms with van der Waals surface area (Å²) >= 11 is 3.14. The minimum absolute atomic E-state index is 0.0301. The van der Waals surface area contributed by atoms with Crippen LogP contribution < -0.4 is 11.1 Å². The Morgan fingerprint density at radius 1 is 1.62 bits per heavy atom. The molecule has 1 amide bonds. The van der Waals surface area contributed by atoms with Crippen LogP contribution in [0.15, 0.2) is 16.6 Å². The zero-order valence-electron chi connectivity index (χ0n) is 9.18. The van der Waals surface area contributed by atoms with Crippen LogP contribution in [0.25, 0.3) is 0 Å². The number of anilines is 1. The molecule has 0 saturated heterocycles. The van der Waals surface area contributed by atoms with Crippen molar-refractivity contribution < 1.29 is 9.18 Å². The van der Waals surface area contributed by atoms with Crippen LogP contribution in [0, 0.1) is 5.82 Å². The SMILES string of the molecule is CCC(C)NC(=O)c1cc(N)c(F)cc1Br. The van der Waals surface area contributed by atoms with E-state index in [0.29, 0.717) is 10.0 Å². The summed E-state index contributed by atoms with van der Waals surface area (Å²) in [6, 6.07) is 2.60. The molecule has 1 aromatic rings. The van der Waals surface area contributed by atoms with E-state index in [0.717, 1.165) is 6.42 Å². The van der Waals surface area contributed by atoms with Crippen molar-refractivity contribution in [3.05, 3.63) is 28.0 Å². The standard InChI is InChI=1S/C11H14BrFN2O/c1-3-6(2)15-11(16)7-4-10(14)9(13)5-8(7)12/h4-6H,3,14H2,1-2H3,(H,15,16). The maximum atomic E-state index is 13.1. The van der Waals surface area contributed by atoms with E-state index in [1.807, 2.05) is 13.8 Å². The molecule has 0 heterocycles. The van der Waals surface area contributed by atoms with Crippen molar-refractivity contribution in [1.82, 2.24) is 5.32 Å². The van der Waals surface area contributed by atoms with Crippen LogP contribution in [-0.2, 0) is 0 Å². The highest BCUT2D eigenvalue weighted by Gasteiger charge is 2.14. The molecule has 0 saturated carbocycles. The molecule has 1 atom stereocenters. The number of hydrogen-bond acceptors (Lipinski definition) is 2. The van der Waals surface area contributed by atoms with E-state index in [2.05, 4.69) is 21.2 Å². The Kier molecular flexibility index (Phi) is 4.29. The predicted molar refractivity (Wildman–Crippen MR) is 65.7 cm³/mol. The van der Waals surface area contributed by atoms with Crippen molar-refractivity contribution in [3.8, 4) is 0 Å². The second-order valence-corrected chi connectivity index (χ2v) is 4.49. The number of amides is 1. The van der Waals surface area contributed by atoms with Gasteiger partial charge in [-0.25, -0.2) is 4.39 Å². The van der Waals surface area contributed by atoms with Crippen molar-refractivity contribution in [2.75, 3.05) is 5.73 Å². The summed E-state index contributed by atoms with van der Waals surface area (Å²) in [6.07, 6.45) is 0.833. The van der Waals surface area contributed by atoms with Gasteiger partial charge < -0.3 is 11.1 Å². The summed E-state index contributed by atoms with van der Waals surface area (Å²) in [6.45, 7) is 3.87. The smallest absolute Gasteiger partial charge is 0.252 e. The zero-order valence-corrected chi connectivity index (χ0v) is 10.8. The lowest BCUT2D eigenvalue weighted by Crippen LogP contribution is -2.32. The van der Waals surface area contributed by atoms with Gasteiger partial charge in [-0.1, -0.05) is 6.92 Å². The van der Waals surface area contributed by atoms with Crippen molar-refractivity contribution >= 4 is 27.5 Å². The third-order valence-electron chi connectivity index (χ3n) is 2.32. The number of nitrogens with two attached hydrogens (primary N) is 1. The van der Waals surface area contributed by atoms with Crippen molar-refractivity contribution in [3.63, 3.8) is 0 Å². The third-order valence-corrected chi connectivity index (χ3v) is 2.98. The number of hydrogen-bond donors (Lipinski definition) is 2. The largest absolute Gasteiger partial charge is 0.396 e. The Bertz CT molecular complexity index is 409. The molecule has 0 fully saturated rings. The number of carbonyl (C=O) groups is 1. The molecule has 0 aliphatic rings. The maximum Gasteiger partial charge on any atom is 0.252 e. The number of rotatable bonds is 3. The minimum atomic E-state index is -0.535. The summed E-state index contributed by atoms with van der Waals surface area (Å²) < 4.78 is 13.5. The van der Waals surface area contributed by atoms with Crippen LogP contribution in [0.3, 0.4) is 0 Å². The summed E-state index contributed by atoms with van der Waals surface area (Å²) in [5, 5.41) is 2.79. The lowest BCUT2D eigenvalue weighted by molar-refractivity contribution is 0.0938. The number of benzene rings is 1. The van der Waals surface area contributed by atoms with Crippen molar-refractivity contribution in [2.45, 2.75) is 26.3 Å². The fourth-order valence-electron chi connectivity index (χ4n) is 1.14. The molecular formula is C11H14BrFN2O. The van der Waals surface area contributed by atoms with E-state index in [1.54, 1.807) is 0 Å². The van der Waals surface area contributed by atoms with Crippen molar-refractivity contribution in [2.24, 2.45) is 0 Å². The lowest BCUT2D eigenvalue weighted by Gasteiger charge is -2.12. The number of nitrogens with one attached hydrogen (secondary N) is 1. The van der Waals surface area contributed by atoms with Crippen molar-refractivity contribution in [1.29, 1.82) is 0 Å². The van der Waals surface area contributed by atoms with E-state index >= 15 is 0 Å². The Labute approximate surface area is 102 Å². The highest BCUT2D eigenvalue weighted by molar-refractivity contribution is 9.10. The molecule has 1 unspecified atom stereocenters. The van der Waals surface area contributed by atoms with E-state index in [4.69, 9.17) is 5.73 Å². The summed E-state index contributed by atoms with van der Waals surface area (Å²) in [4.78, 5) is 11.8. The first kappa shape index (κ1) is 13.0. The predicted octanol–water partition coefficient (Wildman–Crippen LogP) is 2.70. The van der Waals surface area contributed by atoms with Crippen LogP contribution >= 0.6 is 15.9 Å². The van der Waals surface area contributed by atoms with E-state index in [1.165, 1.54) is 12.1 Å². The molecule has 3 N–H and O–H groups in total. The minimum Gasteiger partial charge on any atom is -0.396 e. The summed E-state index contributed by atoms with van der Waals surface area (Å²) in [5.41, 5.74) is 5.73. The fraction of sp³-hybridized carbons (Fsp3) is 0.364. The highest BCUT2D eigenvalue weighted by atomic mass is 79.9. The molecule has 0 radical (unpaired) electrons. The van der Waals surface area contributed by atoms with Crippen LogP contribution in [0.2, 0.25) is 0 Å². The quantitative estimate of drug-likeness (QED) is 0.841. The molecular weight excluding hydrogens is 275 g/mol. The lowest BCUT2D eigenvalue weighted by atomic mass is 10.1.